The molecule has 2 aliphatic carbocycles. The van der Waals surface area contributed by atoms with Gasteiger partial charge in [-0.2, -0.15) is 0 Å². The highest BCUT2D eigenvalue weighted by atomic mass is 16.3. The number of hydrogen-bond donors (Lipinski definition) is 2. The maximum absolute atomic E-state index is 9.20. The van der Waals surface area contributed by atoms with Crippen molar-refractivity contribution in [2.75, 3.05) is 6.61 Å². The van der Waals surface area contributed by atoms with E-state index in [-0.39, 0.29) is 0 Å². The first-order chi connectivity index (χ1) is 9.81. The Morgan fingerprint density at radius 2 is 1.75 bits per heavy atom. The van der Waals surface area contributed by atoms with Crippen molar-refractivity contribution in [3.05, 3.63) is 35.4 Å². The highest BCUT2D eigenvalue weighted by molar-refractivity contribution is 5.30. The molecule has 1 saturated carbocycles. The molecule has 2 N–H and O–H groups in total. The highest BCUT2D eigenvalue weighted by Crippen LogP contribution is 2.40. The Hall–Kier alpha value is -0.860. The van der Waals surface area contributed by atoms with Crippen LogP contribution in [0.2, 0.25) is 0 Å². The summed E-state index contributed by atoms with van der Waals surface area (Å²) in [5.41, 5.74) is 3.14. The molecule has 0 aromatic heterocycles. The molecule has 2 nitrogen and oxygen atoms in total. The van der Waals surface area contributed by atoms with Crippen LogP contribution in [0.4, 0.5) is 0 Å². The van der Waals surface area contributed by atoms with Crippen LogP contribution in [0, 0.1) is 11.8 Å². The van der Waals surface area contributed by atoms with E-state index < -0.39 is 0 Å². The zero-order valence-electron chi connectivity index (χ0n) is 12.5. The fraction of sp³-hybridized carbons (Fsp3) is 0.667. The molecular weight excluding hydrogens is 246 g/mol. The predicted molar refractivity (Wildman–Crippen MR) is 82.8 cm³/mol. The zero-order chi connectivity index (χ0) is 13.9. The summed E-state index contributed by atoms with van der Waals surface area (Å²) < 4.78 is 0. The van der Waals surface area contributed by atoms with Crippen LogP contribution in [-0.4, -0.2) is 23.8 Å². The molecule has 20 heavy (non-hydrogen) atoms. The van der Waals surface area contributed by atoms with Crippen LogP contribution in [0.15, 0.2) is 24.3 Å². The number of nitrogens with one attached hydrogen (secondary N) is 1. The van der Waals surface area contributed by atoms with Crippen molar-refractivity contribution in [1.29, 1.82) is 0 Å². The Morgan fingerprint density at radius 3 is 2.25 bits per heavy atom. The largest absolute Gasteiger partial charge is 0.396 e. The van der Waals surface area contributed by atoms with E-state index in [0.717, 1.165) is 24.7 Å². The van der Waals surface area contributed by atoms with Crippen LogP contribution in [0.3, 0.4) is 0 Å². The summed E-state index contributed by atoms with van der Waals surface area (Å²) in [6, 6.07) is 10.1. The van der Waals surface area contributed by atoms with Crippen molar-refractivity contribution in [1.82, 2.24) is 5.32 Å². The van der Waals surface area contributed by atoms with Crippen LogP contribution < -0.4 is 5.32 Å². The molecule has 110 valence electrons. The van der Waals surface area contributed by atoms with Gasteiger partial charge < -0.3 is 10.4 Å². The van der Waals surface area contributed by atoms with Crippen LogP contribution in [-0.2, 0) is 12.8 Å². The second kappa shape index (κ2) is 6.28. The fourth-order valence-corrected chi connectivity index (χ4v) is 4.26. The number of aliphatic hydroxyl groups is 1. The Kier molecular flexibility index (Phi) is 4.42. The summed E-state index contributed by atoms with van der Waals surface area (Å²) in [6.45, 7) is 2.52. The Morgan fingerprint density at radius 1 is 1.15 bits per heavy atom. The van der Waals surface area contributed by atoms with Gasteiger partial charge in [0.05, 0.1) is 0 Å². The van der Waals surface area contributed by atoms with Crippen molar-refractivity contribution in [3.8, 4) is 0 Å². The molecular formula is C18H27NO. The zero-order valence-corrected chi connectivity index (χ0v) is 12.5. The second-order valence-corrected chi connectivity index (χ2v) is 6.58. The molecule has 3 unspecified atom stereocenters. The lowest BCUT2D eigenvalue weighted by Gasteiger charge is -2.29. The molecule has 0 heterocycles. The smallest absolute Gasteiger partial charge is 0.0445 e. The van der Waals surface area contributed by atoms with E-state index in [1.165, 1.54) is 25.7 Å². The van der Waals surface area contributed by atoms with E-state index in [4.69, 9.17) is 0 Å². The average molecular weight is 273 g/mol. The lowest BCUT2D eigenvalue weighted by Crippen LogP contribution is -2.44. The van der Waals surface area contributed by atoms with E-state index in [0.29, 0.717) is 18.7 Å². The van der Waals surface area contributed by atoms with E-state index in [9.17, 15) is 5.11 Å². The monoisotopic (exact) mass is 273 g/mol. The average Bonchev–Trinajstić information content (AvgIpc) is 2.73. The van der Waals surface area contributed by atoms with Gasteiger partial charge in [0.25, 0.3) is 0 Å². The lowest BCUT2D eigenvalue weighted by atomic mass is 9.93. The van der Waals surface area contributed by atoms with Crippen molar-refractivity contribution in [3.63, 3.8) is 0 Å². The third kappa shape index (κ3) is 2.77. The van der Waals surface area contributed by atoms with Gasteiger partial charge in [0.2, 0.25) is 0 Å². The predicted octanol–water partition coefficient (Wildman–Crippen LogP) is 2.93. The molecule has 3 atom stereocenters. The normalized spacial score (nSPS) is 29.8. The molecule has 1 fully saturated rings. The molecule has 3 rings (SSSR count). The van der Waals surface area contributed by atoms with Crippen LogP contribution >= 0.6 is 0 Å². The fourth-order valence-electron chi connectivity index (χ4n) is 4.26. The molecule has 0 spiro atoms. The summed E-state index contributed by atoms with van der Waals surface area (Å²) >= 11 is 0. The van der Waals surface area contributed by atoms with E-state index >= 15 is 0 Å². The molecule has 0 aliphatic heterocycles. The molecule has 2 bridgehead atoms. The highest BCUT2D eigenvalue weighted by Gasteiger charge is 2.39. The number of rotatable bonds is 5. The van der Waals surface area contributed by atoms with Crippen molar-refractivity contribution >= 4 is 0 Å². The Labute approximate surface area is 122 Å². The minimum atomic E-state index is 0.299. The third-order valence-corrected chi connectivity index (χ3v) is 5.41. The number of fused-ring (bicyclic) bond motifs is 3. The molecule has 1 aromatic rings. The molecule has 0 radical (unpaired) electrons. The van der Waals surface area contributed by atoms with E-state index in [1.807, 2.05) is 0 Å². The van der Waals surface area contributed by atoms with Gasteiger partial charge in [0.1, 0.15) is 0 Å². The first-order valence-corrected chi connectivity index (χ1v) is 8.25. The molecule has 2 heteroatoms. The summed E-state index contributed by atoms with van der Waals surface area (Å²) in [5, 5.41) is 13.1. The Bertz CT molecular complexity index is 412. The molecule has 2 aliphatic rings. The number of hydrogen-bond acceptors (Lipinski definition) is 2. The standard InChI is InChI=1S/C18H27NO/c1-2-17(9-10-20)19-18-15-7-8-16(18)12-14-6-4-3-5-13(14)11-15/h3-6,15-20H,2,7-12H2,1H3. The molecule has 0 amide bonds. The summed E-state index contributed by atoms with van der Waals surface area (Å²) in [4.78, 5) is 0. The summed E-state index contributed by atoms with van der Waals surface area (Å²) in [5.74, 6) is 1.58. The quantitative estimate of drug-likeness (QED) is 0.864. The number of aliphatic hydroxyl groups excluding tert-OH is 1. The minimum Gasteiger partial charge on any atom is -0.396 e. The van der Waals surface area contributed by atoms with Crippen LogP contribution in [0.5, 0.6) is 0 Å². The SMILES string of the molecule is CCC(CCO)NC1C2CCC1Cc1ccccc1C2. The maximum atomic E-state index is 9.20. The van der Waals surface area contributed by atoms with Gasteiger partial charge in [-0.1, -0.05) is 31.2 Å². The first kappa shape index (κ1) is 14.1. The minimum absolute atomic E-state index is 0.299. The van der Waals surface area contributed by atoms with Gasteiger partial charge in [0.15, 0.2) is 0 Å². The van der Waals surface area contributed by atoms with Gasteiger partial charge in [0, 0.05) is 18.7 Å². The maximum Gasteiger partial charge on any atom is 0.0445 e. The van der Waals surface area contributed by atoms with Crippen LogP contribution in [0.25, 0.3) is 0 Å². The second-order valence-electron chi connectivity index (χ2n) is 6.58. The summed E-state index contributed by atoms with van der Waals surface area (Å²) in [6.07, 6.45) is 7.21. The van der Waals surface area contributed by atoms with Gasteiger partial charge in [-0.25, -0.2) is 0 Å². The van der Waals surface area contributed by atoms with E-state index in [1.54, 1.807) is 11.1 Å². The molecule has 1 aromatic carbocycles. The lowest BCUT2D eigenvalue weighted by molar-refractivity contribution is 0.235. The van der Waals surface area contributed by atoms with Gasteiger partial charge in [-0.05, 0) is 61.5 Å². The first-order valence-electron chi connectivity index (χ1n) is 8.25. The summed E-state index contributed by atoms with van der Waals surface area (Å²) in [7, 11) is 0. The van der Waals surface area contributed by atoms with Crippen molar-refractivity contribution < 1.29 is 5.11 Å². The topological polar surface area (TPSA) is 32.3 Å². The molecule has 0 saturated heterocycles. The van der Waals surface area contributed by atoms with Crippen molar-refractivity contribution in [2.24, 2.45) is 11.8 Å². The van der Waals surface area contributed by atoms with Crippen LogP contribution in [0.1, 0.15) is 43.7 Å². The van der Waals surface area contributed by atoms with Gasteiger partial charge in [-0.3, -0.25) is 0 Å². The van der Waals surface area contributed by atoms with E-state index in [2.05, 4.69) is 36.5 Å². The van der Waals surface area contributed by atoms with Gasteiger partial charge >= 0.3 is 0 Å². The van der Waals surface area contributed by atoms with Crippen molar-refractivity contribution in [2.45, 2.75) is 57.5 Å². The third-order valence-electron chi connectivity index (χ3n) is 5.41. The van der Waals surface area contributed by atoms with Gasteiger partial charge in [-0.15, -0.1) is 0 Å². The Balaban J connectivity index is 1.75. The number of benzene rings is 1.